The molecule has 0 saturated carbocycles. The zero-order chi connectivity index (χ0) is 23.4. The van der Waals surface area contributed by atoms with Crippen molar-refractivity contribution in [2.75, 3.05) is 25.1 Å². The minimum Gasteiger partial charge on any atom is -0.396 e. The van der Waals surface area contributed by atoms with E-state index in [1.807, 2.05) is 0 Å². The van der Waals surface area contributed by atoms with Crippen molar-refractivity contribution in [1.29, 1.82) is 0 Å². The molecular formula is C23H23Cl2FN4O3. The molecule has 1 aliphatic rings. The Bertz CT molecular complexity index is 1180. The molecular weight excluding hydrogens is 470 g/mol. The van der Waals surface area contributed by atoms with Crippen molar-refractivity contribution >= 4 is 29.2 Å². The van der Waals surface area contributed by atoms with Crippen molar-refractivity contribution in [1.82, 2.24) is 14.5 Å². The van der Waals surface area contributed by atoms with Crippen LogP contribution in [-0.4, -0.2) is 45.5 Å². The van der Waals surface area contributed by atoms with Crippen LogP contribution in [0.25, 0.3) is 11.3 Å². The summed E-state index contributed by atoms with van der Waals surface area (Å²) < 4.78 is 20.8. The van der Waals surface area contributed by atoms with Gasteiger partial charge in [0, 0.05) is 43.7 Å². The van der Waals surface area contributed by atoms with E-state index < -0.39 is 11.9 Å². The van der Waals surface area contributed by atoms with Crippen LogP contribution in [0.4, 0.5) is 10.3 Å². The molecule has 0 radical (unpaired) electrons. The maximum atomic E-state index is 14.0. The number of nitrogens with zero attached hydrogens (tertiary/aromatic N) is 3. The second-order valence-electron chi connectivity index (χ2n) is 7.78. The van der Waals surface area contributed by atoms with E-state index >= 15 is 0 Å². The Morgan fingerprint density at radius 2 is 2.00 bits per heavy atom. The molecule has 0 unspecified atom stereocenters. The first kappa shape index (κ1) is 23.6. The SMILES string of the molecule is O=c1cc(-c2nc(NC3CCOCC3)ncc2Cl)ccn1[C@H](CCO)c1ccc(Cl)c(F)c1. The number of hydrogen-bond acceptors (Lipinski definition) is 6. The van der Waals surface area contributed by atoms with Crippen LogP contribution in [0, 0.1) is 5.82 Å². The minimum absolute atomic E-state index is 0.00670. The molecule has 0 aliphatic carbocycles. The van der Waals surface area contributed by atoms with Gasteiger partial charge < -0.3 is 19.7 Å². The van der Waals surface area contributed by atoms with Crippen LogP contribution in [0.3, 0.4) is 0 Å². The van der Waals surface area contributed by atoms with Gasteiger partial charge in [-0.2, -0.15) is 0 Å². The van der Waals surface area contributed by atoms with E-state index in [9.17, 15) is 14.3 Å². The highest BCUT2D eigenvalue weighted by Crippen LogP contribution is 2.28. The molecule has 4 rings (SSSR count). The Balaban J connectivity index is 1.64. The highest BCUT2D eigenvalue weighted by molar-refractivity contribution is 6.32. The van der Waals surface area contributed by atoms with Crippen LogP contribution in [0.2, 0.25) is 10.0 Å². The van der Waals surface area contributed by atoms with Crippen LogP contribution in [0.5, 0.6) is 0 Å². The Kier molecular flexibility index (Phi) is 7.60. The van der Waals surface area contributed by atoms with E-state index in [1.165, 1.54) is 29.0 Å². The largest absolute Gasteiger partial charge is 0.396 e. The van der Waals surface area contributed by atoms with Gasteiger partial charge in [0.1, 0.15) is 5.82 Å². The van der Waals surface area contributed by atoms with Gasteiger partial charge in [-0.3, -0.25) is 4.79 Å². The summed E-state index contributed by atoms with van der Waals surface area (Å²) in [4.78, 5) is 21.8. The lowest BCUT2D eigenvalue weighted by Gasteiger charge is -2.23. The molecule has 0 amide bonds. The summed E-state index contributed by atoms with van der Waals surface area (Å²) in [5.74, 6) is -0.153. The third-order valence-corrected chi connectivity index (χ3v) is 6.17. The molecule has 10 heteroatoms. The third-order valence-electron chi connectivity index (χ3n) is 5.59. The maximum absolute atomic E-state index is 14.0. The van der Waals surface area contributed by atoms with Gasteiger partial charge in [0.25, 0.3) is 5.56 Å². The van der Waals surface area contributed by atoms with Crippen molar-refractivity contribution in [2.45, 2.75) is 31.3 Å². The van der Waals surface area contributed by atoms with Crippen molar-refractivity contribution in [3.8, 4) is 11.3 Å². The molecule has 3 heterocycles. The number of anilines is 1. The normalized spacial score (nSPS) is 15.4. The molecule has 7 nitrogen and oxygen atoms in total. The molecule has 1 aromatic carbocycles. The van der Waals surface area contributed by atoms with Gasteiger partial charge in [-0.1, -0.05) is 29.3 Å². The number of halogens is 3. The molecule has 0 bridgehead atoms. The van der Waals surface area contributed by atoms with E-state index in [1.54, 1.807) is 18.3 Å². The Morgan fingerprint density at radius 3 is 2.70 bits per heavy atom. The van der Waals surface area contributed by atoms with E-state index in [-0.39, 0.29) is 29.7 Å². The minimum atomic E-state index is -0.584. The fraction of sp³-hybridized carbons (Fsp3) is 0.348. The highest BCUT2D eigenvalue weighted by Gasteiger charge is 2.19. The van der Waals surface area contributed by atoms with Crippen molar-refractivity contribution in [3.63, 3.8) is 0 Å². The van der Waals surface area contributed by atoms with Gasteiger partial charge in [0.05, 0.1) is 28.0 Å². The molecule has 2 aromatic heterocycles. The predicted molar refractivity (Wildman–Crippen MR) is 125 cm³/mol. The van der Waals surface area contributed by atoms with Gasteiger partial charge in [0.2, 0.25) is 5.95 Å². The number of rotatable bonds is 7. The Morgan fingerprint density at radius 1 is 1.21 bits per heavy atom. The quantitative estimate of drug-likeness (QED) is 0.510. The predicted octanol–water partition coefficient (Wildman–Crippen LogP) is 4.31. The van der Waals surface area contributed by atoms with Gasteiger partial charge in [0.15, 0.2) is 0 Å². The first-order valence-corrected chi connectivity index (χ1v) is 11.4. The van der Waals surface area contributed by atoms with Crippen LogP contribution >= 0.6 is 23.2 Å². The van der Waals surface area contributed by atoms with Crippen molar-refractivity contribution in [2.24, 2.45) is 0 Å². The number of aliphatic hydroxyl groups excluding tert-OH is 1. The number of nitrogens with one attached hydrogen (secondary N) is 1. The number of aliphatic hydroxyl groups is 1. The van der Waals surface area contributed by atoms with E-state index in [2.05, 4.69) is 15.3 Å². The molecule has 3 aromatic rings. The van der Waals surface area contributed by atoms with Crippen molar-refractivity contribution < 1.29 is 14.2 Å². The van der Waals surface area contributed by atoms with Gasteiger partial charge >= 0.3 is 0 Å². The summed E-state index contributed by atoms with van der Waals surface area (Å²) in [5.41, 5.74) is 1.16. The van der Waals surface area contributed by atoms with Gasteiger partial charge in [-0.25, -0.2) is 14.4 Å². The molecule has 2 N–H and O–H groups in total. The first-order chi connectivity index (χ1) is 16.0. The molecule has 1 atom stereocenters. The number of hydrogen-bond donors (Lipinski definition) is 2. The Hall–Kier alpha value is -2.52. The average Bonchev–Trinajstić information content (AvgIpc) is 2.81. The number of benzene rings is 1. The fourth-order valence-electron chi connectivity index (χ4n) is 3.87. The highest BCUT2D eigenvalue weighted by atomic mass is 35.5. The first-order valence-electron chi connectivity index (χ1n) is 10.6. The lowest BCUT2D eigenvalue weighted by atomic mass is 10.0. The number of pyridine rings is 1. The average molecular weight is 493 g/mol. The van der Waals surface area contributed by atoms with Crippen LogP contribution in [-0.2, 0) is 4.74 Å². The van der Waals surface area contributed by atoms with E-state index in [4.69, 9.17) is 27.9 Å². The number of aromatic nitrogens is 3. The van der Waals surface area contributed by atoms with E-state index in [0.717, 1.165) is 12.8 Å². The zero-order valence-electron chi connectivity index (χ0n) is 17.7. The molecule has 1 fully saturated rings. The zero-order valence-corrected chi connectivity index (χ0v) is 19.2. The maximum Gasteiger partial charge on any atom is 0.251 e. The number of ether oxygens (including phenoxy) is 1. The lowest BCUT2D eigenvalue weighted by Crippen LogP contribution is -2.28. The smallest absolute Gasteiger partial charge is 0.251 e. The molecule has 0 spiro atoms. The standard InChI is InChI=1S/C23H23Cl2FN4O3/c24-17-2-1-14(11-19(17)26)20(4-8-31)30-7-3-15(12-21(30)32)22-18(25)13-27-23(29-22)28-16-5-9-33-10-6-16/h1-3,7,11-13,16,20,31H,4-6,8-10H2,(H,27,28,29)/t20-/m1/s1. The second-order valence-corrected chi connectivity index (χ2v) is 8.60. The van der Waals surface area contributed by atoms with Gasteiger partial charge in [-0.15, -0.1) is 0 Å². The summed E-state index contributed by atoms with van der Waals surface area (Å²) in [6, 6.07) is 7.13. The van der Waals surface area contributed by atoms with Gasteiger partial charge in [-0.05, 0) is 43.0 Å². The summed E-state index contributed by atoms with van der Waals surface area (Å²) in [5, 5.41) is 13.1. The summed E-state index contributed by atoms with van der Waals surface area (Å²) in [6.45, 7) is 1.19. The molecule has 1 saturated heterocycles. The second kappa shape index (κ2) is 10.6. The Labute approximate surface area is 200 Å². The molecule has 33 heavy (non-hydrogen) atoms. The molecule has 174 valence electrons. The summed E-state index contributed by atoms with van der Waals surface area (Å²) in [6.07, 6.45) is 5.04. The van der Waals surface area contributed by atoms with Crippen LogP contribution in [0.15, 0.2) is 47.5 Å². The summed E-state index contributed by atoms with van der Waals surface area (Å²) >= 11 is 12.1. The topological polar surface area (TPSA) is 89.3 Å². The fourth-order valence-corrected chi connectivity index (χ4v) is 4.18. The van der Waals surface area contributed by atoms with Crippen LogP contribution < -0.4 is 10.9 Å². The lowest BCUT2D eigenvalue weighted by molar-refractivity contribution is 0.0903. The summed E-state index contributed by atoms with van der Waals surface area (Å²) in [7, 11) is 0. The van der Waals surface area contributed by atoms with Crippen molar-refractivity contribution in [3.05, 3.63) is 74.5 Å². The third kappa shape index (κ3) is 5.52. The monoisotopic (exact) mass is 492 g/mol. The van der Waals surface area contributed by atoms with Crippen LogP contribution in [0.1, 0.15) is 30.9 Å². The van der Waals surface area contributed by atoms with E-state index in [0.29, 0.717) is 41.0 Å². The molecule has 1 aliphatic heterocycles.